The molecule has 0 aromatic rings. The molecule has 0 heterocycles. The number of aliphatic hydroxyl groups is 3. The predicted molar refractivity (Wildman–Crippen MR) is 124 cm³/mol. The smallest absolute Gasteiger partial charge is 0.463 e. The molecule has 33 heavy (non-hydrogen) atoms. The first kappa shape index (κ1) is 30.5. The standard InChI is InChI=1S/C23H45O9P/c1-2-3-4-8-11-19-14-20(19)12-9-6-5-7-10-13-23(27)30-16-22(26)18-32-33(28,29)31-17-21(25)15-24/h19-22,24-26H,2-18H2,1H3,(H,28,29). The van der Waals surface area contributed by atoms with E-state index in [1.165, 1.54) is 57.8 Å². The number of hydrogen-bond donors (Lipinski definition) is 4. The molecule has 0 saturated heterocycles. The molecule has 9 nitrogen and oxygen atoms in total. The van der Waals surface area contributed by atoms with E-state index in [-0.39, 0.29) is 13.0 Å². The average Bonchev–Trinajstić information content (AvgIpc) is 3.55. The first-order valence-electron chi connectivity index (χ1n) is 12.5. The highest BCUT2D eigenvalue weighted by Crippen LogP contribution is 2.46. The molecule has 1 aliphatic carbocycles. The van der Waals surface area contributed by atoms with Crippen LogP contribution < -0.4 is 0 Å². The number of unbranched alkanes of at least 4 members (excludes halogenated alkanes) is 7. The Labute approximate surface area is 198 Å². The Morgan fingerprint density at radius 1 is 0.879 bits per heavy atom. The lowest BCUT2D eigenvalue weighted by Crippen LogP contribution is -2.24. The Balaban J connectivity index is 1.93. The molecule has 1 aliphatic rings. The SMILES string of the molecule is CCCCCCC1CC1CCCCCCCC(=O)OCC(O)COP(=O)(O)OCC(O)CO. The Morgan fingerprint density at radius 3 is 2.03 bits per heavy atom. The fourth-order valence-corrected chi connectivity index (χ4v) is 4.61. The van der Waals surface area contributed by atoms with Crippen molar-refractivity contribution >= 4 is 13.8 Å². The van der Waals surface area contributed by atoms with E-state index >= 15 is 0 Å². The van der Waals surface area contributed by atoms with Gasteiger partial charge in [-0.2, -0.15) is 0 Å². The summed E-state index contributed by atoms with van der Waals surface area (Å²) in [5.74, 6) is 1.51. The first-order valence-corrected chi connectivity index (χ1v) is 14.0. The van der Waals surface area contributed by atoms with E-state index < -0.39 is 45.8 Å². The number of hydrogen-bond acceptors (Lipinski definition) is 8. The molecule has 0 bridgehead atoms. The highest BCUT2D eigenvalue weighted by molar-refractivity contribution is 7.47. The van der Waals surface area contributed by atoms with Gasteiger partial charge >= 0.3 is 13.8 Å². The third-order valence-corrected chi connectivity index (χ3v) is 6.91. The number of phosphoric acid groups is 1. The van der Waals surface area contributed by atoms with Crippen molar-refractivity contribution < 1.29 is 43.4 Å². The van der Waals surface area contributed by atoms with Crippen molar-refractivity contribution in [1.82, 2.24) is 0 Å². The summed E-state index contributed by atoms with van der Waals surface area (Å²) in [6, 6.07) is 0. The Hall–Kier alpha value is -0.540. The van der Waals surface area contributed by atoms with E-state index in [1.54, 1.807) is 0 Å². The maximum Gasteiger partial charge on any atom is 0.472 e. The van der Waals surface area contributed by atoms with Gasteiger partial charge in [0.25, 0.3) is 0 Å². The van der Waals surface area contributed by atoms with Gasteiger partial charge in [0.05, 0.1) is 19.8 Å². The molecular weight excluding hydrogens is 451 g/mol. The van der Waals surface area contributed by atoms with Gasteiger partial charge in [0.1, 0.15) is 18.8 Å². The second-order valence-electron chi connectivity index (χ2n) is 9.14. The van der Waals surface area contributed by atoms with Gasteiger partial charge in [0.2, 0.25) is 0 Å². The van der Waals surface area contributed by atoms with Crippen molar-refractivity contribution in [2.45, 2.75) is 103 Å². The maximum absolute atomic E-state index is 11.8. The van der Waals surface area contributed by atoms with Crippen LogP contribution in [-0.2, 0) is 23.1 Å². The Morgan fingerprint density at radius 2 is 1.42 bits per heavy atom. The summed E-state index contributed by atoms with van der Waals surface area (Å²) in [5, 5.41) is 27.4. The molecule has 5 unspecified atom stereocenters. The highest BCUT2D eigenvalue weighted by atomic mass is 31.2. The van der Waals surface area contributed by atoms with Crippen LogP contribution in [0, 0.1) is 11.8 Å². The van der Waals surface area contributed by atoms with Gasteiger partial charge in [-0.25, -0.2) is 4.57 Å². The molecule has 0 radical (unpaired) electrons. The van der Waals surface area contributed by atoms with Crippen molar-refractivity contribution in [1.29, 1.82) is 0 Å². The van der Waals surface area contributed by atoms with E-state index in [4.69, 9.17) is 14.9 Å². The zero-order valence-electron chi connectivity index (χ0n) is 20.1. The van der Waals surface area contributed by atoms with Gasteiger partial charge < -0.3 is 24.9 Å². The minimum atomic E-state index is -4.48. The molecule has 0 aromatic heterocycles. The molecule has 0 spiro atoms. The van der Waals surface area contributed by atoms with Crippen LogP contribution >= 0.6 is 7.82 Å². The predicted octanol–water partition coefficient (Wildman–Crippen LogP) is 3.71. The summed E-state index contributed by atoms with van der Waals surface area (Å²) in [7, 11) is -4.48. The van der Waals surface area contributed by atoms with E-state index in [1.807, 2.05) is 0 Å². The van der Waals surface area contributed by atoms with Gasteiger partial charge in [-0.05, 0) is 24.7 Å². The molecule has 1 rings (SSSR count). The zero-order valence-corrected chi connectivity index (χ0v) is 21.0. The van der Waals surface area contributed by atoms with Crippen LogP contribution in [-0.4, -0.2) is 64.8 Å². The number of ether oxygens (including phenoxy) is 1. The van der Waals surface area contributed by atoms with Crippen LogP contribution in [0.2, 0.25) is 0 Å². The number of aliphatic hydroxyl groups excluding tert-OH is 3. The zero-order chi connectivity index (χ0) is 24.5. The van der Waals surface area contributed by atoms with Crippen LogP contribution in [0.4, 0.5) is 0 Å². The van der Waals surface area contributed by atoms with Gasteiger partial charge in [0, 0.05) is 6.42 Å². The van der Waals surface area contributed by atoms with Crippen molar-refractivity contribution in [3.63, 3.8) is 0 Å². The normalized spacial score (nSPS) is 21.4. The second kappa shape index (κ2) is 17.8. The number of carbonyl (C=O) groups is 1. The Kier molecular flexibility index (Phi) is 16.5. The quantitative estimate of drug-likeness (QED) is 0.100. The van der Waals surface area contributed by atoms with Crippen molar-refractivity contribution in [2.75, 3.05) is 26.4 Å². The van der Waals surface area contributed by atoms with Gasteiger partial charge in [-0.1, -0.05) is 71.1 Å². The molecule has 4 N–H and O–H groups in total. The minimum Gasteiger partial charge on any atom is -0.463 e. The summed E-state index contributed by atoms with van der Waals surface area (Å²) in [6.45, 7) is 0.113. The van der Waals surface area contributed by atoms with E-state index in [0.29, 0.717) is 0 Å². The monoisotopic (exact) mass is 496 g/mol. The number of carbonyl (C=O) groups excluding carboxylic acids is 1. The van der Waals surface area contributed by atoms with E-state index in [9.17, 15) is 19.4 Å². The molecule has 1 fully saturated rings. The third kappa shape index (κ3) is 16.7. The molecule has 10 heteroatoms. The molecule has 0 amide bonds. The topological polar surface area (TPSA) is 143 Å². The lowest BCUT2D eigenvalue weighted by Gasteiger charge is -2.16. The van der Waals surface area contributed by atoms with Crippen molar-refractivity contribution in [3.05, 3.63) is 0 Å². The van der Waals surface area contributed by atoms with Crippen LogP contribution in [0.25, 0.3) is 0 Å². The minimum absolute atomic E-state index is 0.274. The van der Waals surface area contributed by atoms with E-state index in [0.717, 1.165) is 31.1 Å². The summed E-state index contributed by atoms with van der Waals surface area (Å²) < 4.78 is 25.5. The summed E-state index contributed by atoms with van der Waals surface area (Å²) in [6.07, 6.45) is 12.6. The number of rotatable bonds is 22. The molecule has 0 aromatic carbocycles. The lowest BCUT2D eigenvalue weighted by atomic mass is 10.0. The van der Waals surface area contributed by atoms with Crippen LogP contribution in [0.3, 0.4) is 0 Å². The van der Waals surface area contributed by atoms with Crippen LogP contribution in [0.5, 0.6) is 0 Å². The average molecular weight is 497 g/mol. The summed E-state index contributed by atoms with van der Waals surface area (Å²) in [5.41, 5.74) is 0. The fourth-order valence-electron chi connectivity index (χ4n) is 3.82. The van der Waals surface area contributed by atoms with Gasteiger partial charge in [0.15, 0.2) is 0 Å². The summed E-state index contributed by atoms with van der Waals surface area (Å²) in [4.78, 5) is 21.1. The van der Waals surface area contributed by atoms with Crippen molar-refractivity contribution in [2.24, 2.45) is 11.8 Å². The second-order valence-corrected chi connectivity index (χ2v) is 10.6. The fraction of sp³-hybridized carbons (Fsp3) is 0.957. The summed E-state index contributed by atoms with van der Waals surface area (Å²) >= 11 is 0. The number of esters is 1. The molecular formula is C23H45O9P. The van der Waals surface area contributed by atoms with Crippen LogP contribution in [0.1, 0.15) is 90.4 Å². The van der Waals surface area contributed by atoms with Gasteiger partial charge in [-0.3, -0.25) is 13.8 Å². The van der Waals surface area contributed by atoms with Crippen molar-refractivity contribution in [3.8, 4) is 0 Å². The largest absolute Gasteiger partial charge is 0.472 e. The molecule has 1 saturated carbocycles. The number of phosphoric ester groups is 1. The lowest BCUT2D eigenvalue weighted by molar-refractivity contribution is -0.147. The van der Waals surface area contributed by atoms with Gasteiger partial charge in [-0.15, -0.1) is 0 Å². The highest BCUT2D eigenvalue weighted by Gasteiger charge is 2.35. The first-order chi connectivity index (χ1) is 15.8. The van der Waals surface area contributed by atoms with Crippen LogP contribution in [0.15, 0.2) is 0 Å². The molecule has 5 atom stereocenters. The third-order valence-electron chi connectivity index (χ3n) is 5.96. The molecule has 196 valence electrons. The Bertz CT molecular complexity index is 560. The van der Waals surface area contributed by atoms with E-state index in [2.05, 4.69) is 16.0 Å². The maximum atomic E-state index is 11.8. The molecule has 0 aliphatic heterocycles.